The number of nitrogen functional groups attached to an aromatic ring is 1. The Morgan fingerprint density at radius 3 is 2.64 bits per heavy atom. The molecule has 7 nitrogen and oxygen atoms in total. The maximum absolute atomic E-state index is 14.0. The zero-order valence-corrected chi connectivity index (χ0v) is 26.0. The van der Waals surface area contributed by atoms with E-state index in [4.69, 9.17) is 22.1 Å². The Hall–Kier alpha value is -4.14. The minimum Gasteiger partial charge on any atom is -0.454 e. The lowest BCUT2D eigenvalue weighted by molar-refractivity contribution is 0.103. The van der Waals surface area contributed by atoms with Gasteiger partial charge in [0.2, 0.25) is 5.78 Å². The van der Waals surface area contributed by atoms with Gasteiger partial charge in [0.25, 0.3) is 0 Å². The highest BCUT2D eigenvalue weighted by Crippen LogP contribution is 2.32. The zero-order valence-electron chi connectivity index (χ0n) is 25.2. The Bertz CT molecular complexity index is 1820. The first-order valence-electron chi connectivity index (χ1n) is 15.1. The number of carbonyl (C=O) groups is 1. The number of fused-ring (bicyclic) bond motifs is 1. The number of anilines is 1. The number of halogens is 2. The fourth-order valence-electron chi connectivity index (χ4n) is 6.09. The van der Waals surface area contributed by atoms with Crippen LogP contribution in [0.15, 0.2) is 66.9 Å². The van der Waals surface area contributed by atoms with Crippen molar-refractivity contribution in [1.29, 1.82) is 0 Å². The lowest BCUT2D eigenvalue weighted by atomic mass is 9.90. The number of benzene rings is 3. The first-order valence-corrected chi connectivity index (χ1v) is 15.5. The molecule has 228 valence electrons. The van der Waals surface area contributed by atoms with Crippen LogP contribution in [-0.2, 0) is 6.42 Å². The molecule has 0 amide bonds. The van der Waals surface area contributed by atoms with Crippen LogP contribution in [-0.4, -0.2) is 44.6 Å². The largest absolute Gasteiger partial charge is 0.454 e. The van der Waals surface area contributed by atoms with E-state index in [1.165, 1.54) is 29.8 Å². The van der Waals surface area contributed by atoms with Crippen molar-refractivity contribution >= 4 is 34.1 Å². The molecule has 0 spiro atoms. The van der Waals surface area contributed by atoms with Gasteiger partial charge in [0.15, 0.2) is 11.6 Å². The van der Waals surface area contributed by atoms with Crippen molar-refractivity contribution in [3.05, 3.63) is 100 Å². The van der Waals surface area contributed by atoms with E-state index in [2.05, 4.69) is 34.9 Å². The highest BCUT2D eigenvalue weighted by Gasteiger charge is 2.23. The van der Waals surface area contributed by atoms with Crippen molar-refractivity contribution in [2.24, 2.45) is 5.92 Å². The molecule has 0 saturated carbocycles. The molecule has 3 aromatic carbocycles. The Morgan fingerprint density at radius 1 is 1.14 bits per heavy atom. The standard InChI is InChI=1S/C35H37ClFN5O2/c1-21(2)41-14-12-23(13-15-41)8-9-24-17-25-18-31(40-30(25)19-28(24)36)34(43)27-20-39-42(35(27)38)32-11-10-26(16-22(32)3)44-33-7-5-4-6-29(33)37/h4-7,10-11,16-21,23,40H,8-9,12-15,38H2,1-3H3. The maximum atomic E-state index is 14.0. The molecule has 1 saturated heterocycles. The van der Waals surface area contributed by atoms with Crippen LogP contribution in [0.4, 0.5) is 10.2 Å². The molecule has 0 atom stereocenters. The second-order valence-corrected chi connectivity index (χ2v) is 12.4. The number of hydrogen-bond donors (Lipinski definition) is 2. The number of aromatic amines is 1. The molecule has 5 aromatic rings. The molecule has 44 heavy (non-hydrogen) atoms. The van der Waals surface area contributed by atoms with Crippen LogP contribution in [0.25, 0.3) is 16.6 Å². The minimum atomic E-state index is -0.443. The average Bonchev–Trinajstić information content (AvgIpc) is 3.60. The molecule has 0 aliphatic carbocycles. The van der Waals surface area contributed by atoms with Gasteiger partial charge in [-0.05, 0) is 125 Å². The summed E-state index contributed by atoms with van der Waals surface area (Å²) in [7, 11) is 0. The van der Waals surface area contributed by atoms with Crippen molar-refractivity contribution in [1.82, 2.24) is 19.7 Å². The number of nitrogens with one attached hydrogen (secondary N) is 1. The van der Waals surface area contributed by atoms with Crippen LogP contribution in [0.3, 0.4) is 0 Å². The molecule has 9 heteroatoms. The number of ketones is 1. The maximum Gasteiger partial charge on any atom is 0.214 e. The quantitative estimate of drug-likeness (QED) is 0.164. The number of piperidine rings is 1. The molecule has 3 N–H and O–H groups in total. The second-order valence-electron chi connectivity index (χ2n) is 12.0. The summed E-state index contributed by atoms with van der Waals surface area (Å²) >= 11 is 6.69. The first kappa shape index (κ1) is 29.9. The number of aromatic nitrogens is 3. The summed E-state index contributed by atoms with van der Waals surface area (Å²) in [6.45, 7) is 8.72. The van der Waals surface area contributed by atoms with Crippen LogP contribution in [0.1, 0.15) is 60.3 Å². The Labute approximate surface area is 261 Å². The zero-order chi connectivity index (χ0) is 31.0. The van der Waals surface area contributed by atoms with E-state index in [0.29, 0.717) is 39.7 Å². The fourth-order valence-corrected chi connectivity index (χ4v) is 6.34. The van der Waals surface area contributed by atoms with Gasteiger partial charge in [0, 0.05) is 22.0 Å². The summed E-state index contributed by atoms with van der Waals surface area (Å²) in [6, 6.07) is 18.0. The number of nitrogens with two attached hydrogens (primary N) is 1. The number of para-hydroxylation sites is 1. The van der Waals surface area contributed by atoms with Crippen LogP contribution in [0.2, 0.25) is 5.02 Å². The average molecular weight is 614 g/mol. The Kier molecular flexibility index (Phi) is 8.47. The number of carbonyl (C=O) groups excluding carboxylic acids is 1. The summed E-state index contributed by atoms with van der Waals surface area (Å²) in [4.78, 5) is 19.3. The summed E-state index contributed by atoms with van der Waals surface area (Å²) < 4.78 is 21.3. The molecule has 0 bridgehead atoms. The van der Waals surface area contributed by atoms with Gasteiger partial charge in [-0.3, -0.25) is 4.79 Å². The molecule has 1 fully saturated rings. The fraction of sp³-hybridized carbons (Fsp3) is 0.314. The van der Waals surface area contributed by atoms with Gasteiger partial charge in [-0.2, -0.15) is 5.10 Å². The molecule has 6 rings (SSSR count). The summed E-state index contributed by atoms with van der Waals surface area (Å²) in [5, 5.41) is 6.07. The predicted molar refractivity (Wildman–Crippen MR) is 174 cm³/mol. The number of ether oxygens (including phenoxy) is 1. The summed E-state index contributed by atoms with van der Waals surface area (Å²) in [5.74, 6) is 0.852. The van der Waals surface area contributed by atoms with Crippen LogP contribution in [0, 0.1) is 18.7 Å². The summed E-state index contributed by atoms with van der Waals surface area (Å²) in [5.41, 5.74) is 10.6. The highest BCUT2D eigenvalue weighted by atomic mass is 35.5. The van der Waals surface area contributed by atoms with E-state index >= 15 is 0 Å². The number of aryl methyl sites for hydroxylation is 2. The van der Waals surface area contributed by atoms with Crippen LogP contribution in [0.5, 0.6) is 11.5 Å². The van der Waals surface area contributed by atoms with Gasteiger partial charge < -0.3 is 20.4 Å². The van der Waals surface area contributed by atoms with E-state index in [-0.39, 0.29) is 17.4 Å². The third kappa shape index (κ3) is 6.10. The van der Waals surface area contributed by atoms with E-state index in [1.807, 2.05) is 19.1 Å². The van der Waals surface area contributed by atoms with Gasteiger partial charge in [-0.25, -0.2) is 9.07 Å². The lowest BCUT2D eigenvalue weighted by Crippen LogP contribution is -2.38. The number of likely N-dealkylation sites (tertiary alicyclic amines) is 1. The molecule has 3 heterocycles. The molecule has 1 aliphatic rings. The molecular weight excluding hydrogens is 577 g/mol. The Balaban J connectivity index is 1.17. The van der Waals surface area contributed by atoms with Crippen molar-refractivity contribution in [2.45, 2.75) is 52.5 Å². The molecule has 0 radical (unpaired) electrons. The third-order valence-corrected chi connectivity index (χ3v) is 9.10. The monoisotopic (exact) mass is 613 g/mol. The normalized spacial score (nSPS) is 14.5. The Morgan fingerprint density at radius 2 is 1.91 bits per heavy atom. The van der Waals surface area contributed by atoms with E-state index in [9.17, 15) is 9.18 Å². The van der Waals surface area contributed by atoms with Crippen molar-refractivity contribution < 1.29 is 13.9 Å². The first-order chi connectivity index (χ1) is 21.2. The second kappa shape index (κ2) is 12.5. The van der Waals surface area contributed by atoms with E-state index < -0.39 is 5.82 Å². The van der Waals surface area contributed by atoms with Gasteiger partial charge in [-0.15, -0.1) is 0 Å². The smallest absolute Gasteiger partial charge is 0.214 e. The number of H-pyrrole nitrogens is 1. The van der Waals surface area contributed by atoms with Gasteiger partial charge in [0.1, 0.15) is 11.6 Å². The SMILES string of the molecule is Cc1cc(Oc2ccccc2F)ccc1-n1ncc(C(=O)c2cc3cc(CCC4CCN(C(C)C)CC4)c(Cl)cc3[nH]2)c1N. The molecule has 2 aromatic heterocycles. The number of nitrogens with zero attached hydrogens (tertiary/aromatic N) is 3. The van der Waals surface area contributed by atoms with Crippen LogP contribution >= 0.6 is 11.6 Å². The molecule has 0 unspecified atom stereocenters. The lowest BCUT2D eigenvalue weighted by Gasteiger charge is -2.34. The highest BCUT2D eigenvalue weighted by molar-refractivity contribution is 6.32. The topological polar surface area (TPSA) is 89.2 Å². The van der Waals surface area contributed by atoms with Gasteiger partial charge >= 0.3 is 0 Å². The van der Waals surface area contributed by atoms with Crippen LogP contribution < -0.4 is 10.5 Å². The van der Waals surface area contributed by atoms with Crippen molar-refractivity contribution in [3.63, 3.8) is 0 Å². The third-order valence-electron chi connectivity index (χ3n) is 8.75. The van der Waals surface area contributed by atoms with E-state index in [1.54, 1.807) is 36.4 Å². The molecule has 1 aliphatic heterocycles. The van der Waals surface area contributed by atoms with Crippen molar-refractivity contribution in [3.8, 4) is 17.2 Å². The summed E-state index contributed by atoms with van der Waals surface area (Å²) in [6.07, 6.45) is 5.95. The minimum absolute atomic E-state index is 0.139. The van der Waals surface area contributed by atoms with Gasteiger partial charge in [-0.1, -0.05) is 23.7 Å². The molecular formula is C35H37ClFN5O2. The van der Waals surface area contributed by atoms with Gasteiger partial charge in [0.05, 0.1) is 23.1 Å². The number of rotatable bonds is 9. The van der Waals surface area contributed by atoms with Crippen molar-refractivity contribution in [2.75, 3.05) is 18.8 Å². The number of hydrogen-bond acceptors (Lipinski definition) is 5. The van der Waals surface area contributed by atoms with E-state index in [0.717, 1.165) is 48.0 Å². The predicted octanol–water partition coefficient (Wildman–Crippen LogP) is 8.11.